The molecular formula is C12H18N4. The number of benzene rings is 1. The molecule has 0 aliphatic carbocycles. The number of aryl methyl sites for hydroxylation is 2. The van der Waals surface area contributed by atoms with Crippen LogP contribution in [0, 0.1) is 6.92 Å². The third-order valence-corrected chi connectivity index (χ3v) is 2.88. The van der Waals surface area contributed by atoms with Gasteiger partial charge < -0.3 is 15.2 Å². The van der Waals surface area contributed by atoms with Crippen LogP contribution in [0.5, 0.6) is 0 Å². The number of hydrogen-bond donors (Lipinski definition) is 1. The van der Waals surface area contributed by atoms with Crippen LogP contribution in [0.15, 0.2) is 18.2 Å². The molecule has 0 unspecified atom stereocenters. The lowest BCUT2D eigenvalue weighted by Gasteiger charge is -2.16. The highest BCUT2D eigenvalue weighted by atomic mass is 15.3. The van der Waals surface area contributed by atoms with Crippen LogP contribution in [0.1, 0.15) is 5.56 Å². The summed E-state index contributed by atoms with van der Waals surface area (Å²) in [5, 5.41) is 0. The first kappa shape index (κ1) is 11.0. The average molecular weight is 218 g/mol. The molecule has 0 saturated heterocycles. The Morgan fingerprint density at radius 1 is 1.44 bits per heavy atom. The molecule has 86 valence electrons. The minimum Gasteiger partial charge on any atom is -0.344 e. The van der Waals surface area contributed by atoms with Crippen LogP contribution >= 0.6 is 0 Å². The van der Waals surface area contributed by atoms with Crippen molar-refractivity contribution in [3.63, 3.8) is 0 Å². The molecule has 2 rings (SSSR count). The maximum absolute atomic E-state index is 5.56. The highest BCUT2D eigenvalue weighted by molar-refractivity contribution is 5.81. The van der Waals surface area contributed by atoms with Crippen molar-refractivity contribution in [2.24, 2.45) is 12.8 Å². The third-order valence-electron chi connectivity index (χ3n) is 2.88. The Morgan fingerprint density at radius 3 is 2.81 bits per heavy atom. The van der Waals surface area contributed by atoms with Crippen LogP contribution in [0.2, 0.25) is 0 Å². The smallest absolute Gasteiger partial charge is 0.206 e. The third kappa shape index (κ3) is 1.65. The zero-order chi connectivity index (χ0) is 11.7. The standard InChI is InChI=1S/C12H18N4/c1-9-5-4-6-10-11(9)16(3)12(14-10)15(2)8-7-13/h4-6H,7-8,13H2,1-3H3. The van der Waals surface area contributed by atoms with Crippen molar-refractivity contribution >= 4 is 17.0 Å². The van der Waals surface area contributed by atoms with Gasteiger partial charge in [-0.25, -0.2) is 4.98 Å². The molecule has 2 aromatic rings. The summed E-state index contributed by atoms with van der Waals surface area (Å²) in [6.45, 7) is 3.56. The van der Waals surface area contributed by atoms with E-state index in [9.17, 15) is 0 Å². The fourth-order valence-electron chi connectivity index (χ4n) is 2.09. The predicted molar refractivity (Wildman–Crippen MR) is 67.8 cm³/mol. The number of nitrogens with zero attached hydrogens (tertiary/aromatic N) is 3. The van der Waals surface area contributed by atoms with Gasteiger partial charge in [-0.3, -0.25) is 0 Å². The second-order valence-corrected chi connectivity index (χ2v) is 4.12. The Morgan fingerprint density at radius 2 is 2.19 bits per heavy atom. The van der Waals surface area contributed by atoms with Crippen molar-refractivity contribution in [3.8, 4) is 0 Å². The molecule has 4 nitrogen and oxygen atoms in total. The molecule has 0 amide bonds. The normalized spacial score (nSPS) is 11.0. The predicted octanol–water partition coefficient (Wildman–Crippen LogP) is 1.28. The Bertz CT molecular complexity index is 501. The number of imidazole rings is 1. The van der Waals surface area contributed by atoms with E-state index in [-0.39, 0.29) is 0 Å². The molecule has 0 fully saturated rings. The Hall–Kier alpha value is -1.55. The minimum atomic E-state index is 0.638. The zero-order valence-corrected chi connectivity index (χ0v) is 10.1. The molecular weight excluding hydrogens is 200 g/mol. The molecule has 2 N–H and O–H groups in total. The van der Waals surface area contributed by atoms with Gasteiger partial charge in [0.25, 0.3) is 0 Å². The summed E-state index contributed by atoms with van der Waals surface area (Å²) in [5.41, 5.74) is 9.05. The van der Waals surface area contributed by atoms with Gasteiger partial charge in [0.15, 0.2) is 0 Å². The van der Waals surface area contributed by atoms with Crippen molar-refractivity contribution in [1.82, 2.24) is 9.55 Å². The number of anilines is 1. The van der Waals surface area contributed by atoms with Crippen LogP contribution in [0.3, 0.4) is 0 Å². The molecule has 0 atom stereocenters. The Kier molecular flexibility index (Phi) is 2.83. The number of aromatic nitrogens is 2. The maximum atomic E-state index is 5.56. The first-order chi connectivity index (χ1) is 7.65. The number of likely N-dealkylation sites (N-methyl/N-ethyl adjacent to an activating group) is 1. The average Bonchev–Trinajstić information content (AvgIpc) is 2.58. The van der Waals surface area contributed by atoms with E-state index < -0.39 is 0 Å². The number of nitrogens with two attached hydrogens (primary N) is 1. The van der Waals surface area contributed by atoms with Gasteiger partial charge in [-0.15, -0.1) is 0 Å². The van der Waals surface area contributed by atoms with Crippen molar-refractivity contribution in [3.05, 3.63) is 23.8 Å². The van der Waals surface area contributed by atoms with Crippen LogP contribution in [0.25, 0.3) is 11.0 Å². The number of fused-ring (bicyclic) bond motifs is 1. The summed E-state index contributed by atoms with van der Waals surface area (Å²) in [6.07, 6.45) is 0. The SMILES string of the molecule is Cc1cccc2nc(N(C)CCN)n(C)c12. The van der Waals surface area contributed by atoms with Gasteiger partial charge in [-0.2, -0.15) is 0 Å². The van der Waals surface area contributed by atoms with Gasteiger partial charge in [0.2, 0.25) is 5.95 Å². The Balaban J connectivity index is 2.56. The number of rotatable bonds is 3. The Labute approximate surface area is 95.7 Å². The molecule has 0 bridgehead atoms. The lowest BCUT2D eigenvalue weighted by molar-refractivity contribution is 0.808. The fourth-order valence-corrected chi connectivity index (χ4v) is 2.09. The largest absolute Gasteiger partial charge is 0.344 e. The summed E-state index contributed by atoms with van der Waals surface area (Å²) in [5.74, 6) is 0.967. The van der Waals surface area contributed by atoms with Crippen LogP contribution in [-0.2, 0) is 7.05 Å². The van der Waals surface area contributed by atoms with E-state index in [2.05, 4.69) is 27.4 Å². The monoisotopic (exact) mass is 218 g/mol. The van der Waals surface area contributed by atoms with E-state index in [0.29, 0.717) is 6.54 Å². The molecule has 0 spiro atoms. The summed E-state index contributed by atoms with van der Waals surface area (Å²) in [6, 6.07) is 6.19. The van der Waals surface area contributed by atoms with Crippen molar-refractivity contribution in [1.29, 1.82) is 0 Å². The molecule has 1 aromatic carbocycles. The summed E-state index contributed by atoms with van der Waals surface area (Å²) in [4.78, 5) is 6.71. The van der Waals surface area contributed by atoms with Crippen LogP contribution < -0.4 is 10.6 Å². The van der Waals surface area contributed by atoms with Gasteiger partial charge >= 0.3 is 0 Å². The lowest BCUT2D eigenvalue weighted by Crippen LogP contribution is -2.27. The quantitative estimate of drug-likeness (QED) is 0.844. The van der Waals surface area contributed by atoms with E-state index in [1.165, 1.54) is 11.1 Å². The number of hydrogen-bond acceptors (Lipinski definition) is 3. The maximum Gasteiger partial charge on any atom is 0.206 e. The van der Waals surface area contributed by atoms with Crippen molar-refractivity contribution in [2.75, 3.05) is 25.0 Å². The van der Waals surface area contributed by atoms with Gasteiger partial charge in [0, 0.05) is 27.2 Å². The van der Waals surface area contributed by atoms with E-state index in [1.807, 2.05) is 26.2 Å². The first-order valence-electron chi connectivity index (χ1n) is 5.48. The van der Waals surface area contributed by atoms with Crippen LogP contribution in [-0.4, -0.2) is 29.7 Å². The zero-order valence-electron chi connectivity index (χ0n) is 10.1. The summed E-state index contributed by atoms with van der Waals surface area (Å²) in [7, 11) is 4.06. The second kappa shape index (κ2) is 4.14. The summed E-state index contributed by atoms with van der Waals surface area (Å²) < 4.78 is 2.13. The highest BCUT2D eigenvalue weighted by Crippen LogP contribution is 2.22. The van der Waals surface area contributed by atoms with Gasteiger partial charge in [0.1, 0.15) is 0 Å². The molecule has 4 heteroatoms. The van der Waals surface area contributed by atoms with E-state index >= 15 is 0 Å². The molecule has 0 aliphatic heterocycles. The molecule has 16 heavy (non-hydrogen) atoms. The van der Waals surface area contributed by atoms with Gasteiger partial charge in [-0.1, -0.05) is 12.1 Å². The topological polar surface area (TPSA) is 47.1 Å². The minimum absolute atomic E-state index is 0.638. The second-order valence-electron chi connectivity index (χ2n) is 4.12. The fraction of sp³-hybridized carbons (Fsp3) is 0.417. The van der Waals surface area contributed by atoms with E-state index in [4.69, 9.17) is 5.73 Å². The lowest BCUT2D eigenvalue weighted by atomic mass is 10.2. The molecule has 1 aromatic heterocycles. The molecule has 1 heterocycles. The molecule has 0 aliphatic rings. The first-order valence-corrected chi connectivity index (χ1v) is 5.48. The summed E-state index contributed by atoms with van der Waals surface area (Å²) >= 11 is 0. The van der Waals surface area contributed by atoms with Gasteiger partial charge in [0.05, 0.1) is 11.0 Å². The molecule has 0 saturated carbocycles. The van der Waals surface area contributed by atoms with Crippen molar-refractivity contribution < 1.29 is 0 Å². The number of para-hydroxylation sites is 1. The van der Waals surface area contributed by atoms with E-state index in [0.717, 1.165) is 18.0 Å². The molecule has 0 radical (unpaired) electrons. The highest BCUT2D eigenvalue weighted by Gasteiger charge is 2.12. The van der Waals surface area contributed by atoms with Gasteiger partial charge in [-0.05, 0) is 18.6 Å². The van der Waals surface area contributed by atoms with Crippen LogP contribution in [0.4, 0.5) is 5.95 Å². The van der Waals surface area contributed by atoms with E-state index in [1.54, 1.807) is 0 Å². The van der Waals surface area contributed by atoms with Crippen molar-refractivity contribution in [2.45, 2.75) is 6.92 Å².